The monoisotopic (exact) mass is 154 g/mol. The van der Waals surface area contributed by atoms with Gasteiger partial charge in [-0.15, -0.1) is 0 Å². The third kappa shape index (κ3) is 4.08. The maximum atomic E-state index is 5.53. The third-order valence-electron chi connectivity index (χ3n) is 1.06. The highest BCUT2D eigenvalue weighted by Crippen LogP contribution is 1.94. The van der Waals surface area contributed by atoms with Crippen molar-refractivity contribution in [3.05, 3.63) is 35.9 Å². The number of nitrogens with two attached hydrogens (primary N) is 2. The summed E-state index contributed by atoms with van der Waals surface area (Å²) in [6.07, 6.45) is 6.64. The molecule has 3 nitrogen and oxygen atoms in total. The quantitative estimate of drug-likeness (QED) is 0.468. The second-order valence-corrected chi connectivity index (χ2v) is 1.95. The number of ether oxygens (including phenoxy) is 1. The van der Waals surface area contributed by atoms with Gasteiger partial charge in [0.1, 0.15) is 0 Å². The lowest BCUT2D eigenvalue weighted by Crippen LogP contribution is -2.05. The molecule has 0 aromatic carbocycles. The molecule has 0 saturated heterocycles. The molecule has 0 saturated carbocycles. The van der Waals surface area contributed by atoms with Crippen molar-refractivity contribution in [2.75, 3.05) is 7.11 Å². The molecule has 0 radical (unpaired) electrons. The Morgan fingerprint density at radius 2 is 1.73 bits per heavy atom. The molecule has 0 unspecified atom stereocenters. The molecule has 0 aromatic heterocycles. The van der Waals surface area contributed by atoms with Crippen molar-refractivity contribution < 1.29 is 4.74 Å². The van der Waals surface area contributed by atoms with E-state index in [1.54, 1.807) is 19.3 Å². The van der Waals surface area contributed by atoms with Crippen molar-refractivity contribution in [1.29, 1.82) is 0 Å². The van der Waals surface area contributed by atoms with E-state index in [0.29, 0.717) is 11.4 Å². The number of hydrogen-bond acceptors (Lipinski definition) is 3. The second kappa shape index (κ2) is 5.41. The maximum Gasteiger partial charge on any atom is 0.0845 e. The normalized spacial score (nSPS) is 14.0. The van der Waals surface area contributed by atoms with Gasteiger partial charge in [0.15, 0.2) is 0 Å². The van der Waals surface area contributed by atoms with Gasteiger partial charge in [0.2, 0.25) is 0 Å². The van der Waals surface area contributed by atoms with Gasteiger partial charge in [-0.2, -0.15) is 0 Å². The summed E-state index contributed by atoms with van der Waals surface area (Å²) in [5.74, 6) is 0. The van der Waals surface area contributed by atoms with E-state index < -0.39 is 0 Å². The van der Waals surface area contributed by atoms with Crippen LogP contribution < -0.4 is 11.5 Å². The van der Waals surface area contributed by atoms with Crippen molar-refractivity contribution in [2.24, 2.45) is 11.5 Å². The number of rotatable bonds is 3. The van der Waals surface area contributed by atoms with Gasteiger partial charge in [0.05, 0.1) is 24.8 Å². The summed E-state index contributed by atoms with van der Waals surface area (Å²) < 4.78 is 4.67. The molecule has 4 N–H and O–H groups in total. The fourth-order valence-electron chi connectivity index (χ4n) is 0.513. The highest BCUT2D eigenvalue weighted by molar-refractivity contribution is 5.27. The van der Waals surface area contributed by atoms with Crippen LogP contribution in [0.5, 0.6) is 0 Å². The summed E-state index contributed by atoms with van der Waals surface area (Å²) in [6.45, 7) is 1.88. The van der Waals surface area contributed by atoms with Crippen LogP contribution >= 0.6 is 0 Å². The zero-order chi connectivity index (χ0) is 8.69. The molecule has 0 aliphatic heterocycles. The summed E-state index contributed by atoms with van der Waals surface area (Å²) in [4.78, 5) is 0. The van der Waals surface area contributed by atoms with Gasteiger partial charge in [-0.05, 0) is 19.1 Å². The van der Waals surface area contributed by atoms with Crippen LogP contribution in [0.1, 0.15) is 6.92 Å². The number of hydrogen-bond donors (Lipinski definition) is 2. The summed E-state index contributed by atoms with van der Waals surface area (Å²) >= 11 is 0. The van der Waals surface area contributed by atoms with Gasteiger partial charge in [-0.3, -0.25) is 0 Å². The molecule has 62 valence electrons. The molecule has 0 amide bonds. The van der Waals surface area contributed by atoms with Crippen LogP contribution in [-0.2, 0) is 4.74 Å². The molecule has 11 heavy (non-hydrogen) atoms. The van der Waals surface area contributed by atoms with Gasteiger partial charge < -0.3 is 16.2 Å². The Bertz CT molecular complexity index is 192. The average molecular weight is 154 g/mol. The van der Waals surface area contributed by atoms with Crippen LogP contribution in [0.15, 0.2) is 35.9 Å². The van der Waals surface area contributed by atoms with E-state index in [-0.39, 0.29) is 0 Å². The lowest BCUT2D eigenvalue weighted by atomic mass is 10.3. The number of allylic oxidation sites excluding steroid dienone is 3. The van der Waals surface area contributed by atoms with Crippen molar-refractivity contribution in [3.8, 4) is 0 Å². The molecule has 0 aliphatic rings. The van der Waals surface area contributed by atoms with Crippen molar-refractivity contribution in [1.82, 2.24) is 0 Å². The fourth-order valence-corrected chi connectivity index (χ4v) is 0.513. The van der Waals surface area contributed by atoms with E-state index >= 15 is 0 Å². The smallest absolute Gasteiger partial charge is 0.0845 e. The van der Waals surface area contributed by atoms with Gasteiger partial charge in [0.25, 0.3) is 0 Å². The summed E-state index contributed by atoms with van der Waals surface area (Å²) in [5, 5.41) is 0. The second-order valence-electron chi connectivity index (χ2n) is 1.95. The largest absolute Gasteiger partial charge is 0.504 e. The first-order chi connectivity index (χ1) is 5.22. The molecule has 0 bridgehead atoms. The van der Waals surface area contributed by atoms with E-state index in [9.17, 15) is 0 Å². The topological polar surface area (TPSA) is 61.3 Å². The predicted molar refractivity (Wildman–Crippen MR) is 46.4 cm³/mol. The van der Waals surface area contributed by atoms with Crippen molar-refractivity contribution in [3.63, 3.8) is 0 Å². The zero-order valence-electron chi connectivity index (χ0n) is 6.87. The van der Waals surface area contributed by atoms with E-state index in [2.05, 4.69) is 4.74 Å². The molecule has 0 heterocycles. The van der Waals surface area contributed by atoms with E-state index in [1.807, 2.05) is 13.0 Å². The lowest BCUT2D eigenvalue weighted by Gasteiger charge is -1.96. The predicted octanol–water partition coefficient (Wildman–Crippen LogP) is 0.852. The third-order valence-corrected chi connectivity index (χ3v) is 1.06. The molecular weight excluding hydrogens is 140 g/mol. The van der Waals surface area contributed by atoms with Gasteiger partial charge in [-0.1, -0.05) is 6.08 Å². The Balaban J connectivity index is 4.27. The summed E-state index contributed by atoms with van der Waals surface area (Å²) in [5.41, 5.74) is 12.1. The van der Waals surface area contributed by atoms with Crippen molar-refractivity contribution >= 4 is 0 Å². The SMILES string of the molecule is C\C=C/C(N)=C(N)\C=C\OC. The molecule has 3 heteroatoms. The van der Waals surface area contributed by atoms with E-state index in [1.165, 1.54) is 6.26 Å². The minimum atomic E-state index is 0.505. The van der Waals surface area contributed by atoms with Gasteiger partial charge in [0, 0.05) is 0 Å². The minimum absolute atomic E-state index is 0.505. The van der Waals surface area contributed by atoms with Crippen LogP contribution in [0.25, 0.3) is 0 Å². The first kappa shape index (κ1) is 9.62. The Morgan fingerprint density at radius 1 is 1.18 bits per heavy atom. The van der Waals surface area contributed by atoms with E-state index in [4.69, 9.17) is 11.5 Å². The average Bonchev–Trinajstić information content (AvgIpc) is 2.00. The molecule has 0 aliphatic carbocycles. The Hall–Kier alpha value is -1.38. The van der Waals surface area contributed by atoms with E-state index in [0.717, 1.165) is 0 Å². The molecule has 0 spiro atoms. The molecule has 0 atom stereocenters. The first-order valence-corrected chi connectivity index (χ1v) is 3.29. The fraction of sp³-hybridized carbons (Fsp3) is 0.250. The Labute approximate surface area is 67.0 Å². The standard InChI is InChI=1S/C8H14N2O/c1-3-4-7(9)8(10)5-6-11-2/h3-6H,9-10H2,1-2H3/b4-3-,6-5+,8-7-. The van der Waals surface area contributed by atoms with Crippen molar-refractivity contribution in [2.45, 2.75) is 6.92 Å². The number of methoxy groups -OCH3 is 1. The highest BCUT2D eigenvalue weighted by Gasteiger charge is 1.87. The molecule has 0 rings (SSSR count). The van der Waals surface area contributed by atoms with Crippen LogP contribution in [0.2, 0.25) is 0 Å². The van der Waals surface area contributed by atoms with Crippen LogP contribution in [0, 0.1) is 0 Å². The summed E-state index contributed by atoms with van der Waals surface area (Å²) in [6, 6.07) is 0. The maximum absolute atomic E-state index is 5.53. The molecule has 0 aromatic rings. The van der Waals surface area contributed by atoms with Crippen LogP contribution in [-0.4, -0.2) is 7.11 Å². The van der Waals surface area contributed by atoms with Crippen LogP contribution in [0.3, 0.4) is 0 Å². The van der Waals surface area contributed by atoms with Gasteiger partial charge >= 0.3 is 0 Å². The lowest BCUT2D eigenvalue weighted by molar-refractivity contribution is 0.337. The van der Waals surface area contributed by atoms with Gasteiger partial charge in [-0.25, -0.2) is 0 Å². The highest BCUT2D eigenvalue weighted by atomic mass is 16.5. The molecule has 0 fully saturated rings. The minimum Gasteiger partial charge on any atom is -0.504 e. The summed E-state index contributed by atoms with van der Waals surface area (Å²) in [7, 11) is 1.55. The Kier molecular flexibility index (Phi) is 4.73. The molecular formula is C8H14N2O. The first-order valence-electron chi connectivity index (χ1n) is 3.29. The zero-order valence-corrected chi connectivity index (χ0v) is 6.87. The van der Waals surface area contributed by atoms with Crippen LogP contribution in [0.4, 0.5) is 0 Å². The Morgan fingerprint density at radius 3 is 2.18 bits per heavy atom.